The molecule has 1 aromatic heterocycles. The van der Waals surface area contributed by atoms with Gasteiger partial charge in [0, 0.05) is 24.2 Å². The number of carbonyl (C=O) groups excluding carboxylic acids is 2. The van der Waals surface area contributed by atoms with Crippen molar-refractivity contribution in [2.24, 2.45) is 0 Å². The van der Waals surface area contributed by atoms with E-state index in [0.29, 0.717) is 10.1 Å². The van der Waals surface area contributed by atoms with Crippen LogP contribution in [-0.2, 0) is 9.53 Å². The number of hydrogen-bond acceptors (Lipinski definition) is 4. The molecule has 2 rings (SSSR count). The molecule has 1 aromatic carbocycles. The molecule has 1 amide bonds. The molecule has 0 aliphatic rings. The lowest BCUT2D eigenvalue weighted by molar-refractivity contribution is -0.137. The summed E-state index contributed by atoms with van der Waals surface area (Å²) in [6.07, 6.45) is -0.868. The van der Waals surface area contributed by atoms with Gasteiger partial charge < -0.3 is 9.64 Å². The van der Waals surface area contributed by atoms with E-state index in [1.165, 1.54) is 24.0 Å². The average molecular weight is 295 g/mol. The molecule has 0 saturated carbocycles. The second kappa shape index (κ2) is 5.58. The van der Waals surface area contributed by atoms with E-state index in [9.17, 15) is 14.0 Å². The molecule has 0 saturated heterocycles. The minimum atomic E-state index is -0.868. The number of benzene rings is 1. The highest BCUT2D eigenvalue weighted by molar-refractivity contribution is 7.20. The summed E-state index contributed by atoms with van der Waals surface area (Å²) in [6, 6.07) is 6.10. The number of thiophene rings is 1. The van der Waals surface area contributed by atoms with E-state index >= 15 is 0 Å². The van der Waals surface area contributed by atoms with Crippen LogP contribution in [0.25, 0.3) is 10.1 Å². The van der Waals surface area contributed by atoms with E-state index in [1.54, 1.807) is 26.2 Å². The van der Waals surface area contributed by atoms with Crippen LogP contribution < -0.4 is 0 Å². The van der Waals surface area contributed by atoms with Gasteiger partial charge in [-0.05, 0) is 25.1 Å². The van der Waals surface area contributed by atoms with Crippen LogP contribution in [0.2, 0.25) is 0 Å². The molecule has 0 N–H and O–H groups in total. The SMILES string of the molecule is C[C@@H](OC(=O)c1cc2c(F)cccc2s1)C(=O)N(C)C. The summed E-state index contributed by atoms with van der Waals surface area (Å²) in [6.45, 7) is 1.51. The molecule has 2 aromatic rings. The predicted octanol–water partition coefficient (Wildman–Crippen LogP) is 2.67. The lowest BCUT2D eigenvalue weighted by Crippen LogP contribution is -2.34. The molecule has 0 aliphatic heterocycles. The molecule has 1 atom stereocenters. The molecule has 0 aliphatic carbocycles. The van der Waals surface area contributed by atoms with E-state index in [2.05, 4.69) is 0 Å². The normalized spacial score (nSPS) is 12.2. The van der Waals surface area contributed by atoms with Crippen molar-refractivity contribution in [3.8, 4) is 0 Å². The van der Waals surface area contributed by atoms with Crippen molar-refractivity contribution in [3.63, 3.8) is 0 Å². The van der Waals surface area contributed by atoms with Crippen LogP contribution in [0, 0.1) is 5.82 Å². The van der Waals surface area contributed by atoms with E-state index in [-0.39, 0.29) is 16.6 Å². The molecule has 0 unspecified atom stereocenters. The van der Waals surface area contributed by atoms with Gasteiger partial charge in [0.2, 0.25) is 0 Å². The molecule has 0 bridgehead atoms. The van der Waals surface area contributed by atoms with Crippen molar-refractivity contribution in [2.75, 3.05) is 14.1 Å². The van der Waals surface area contributed by atoms with Gasteiger partial charge in [-0.2, -0.15) is 0 Å². The van der Waals surface area contributed by atoms with Crippen LogP contribution >= 0.6 is 11.3 Å². The van der Waals surface area contributed by atoms with Crippen LogP contribution in [0.4, 0.5) is 4.39 Å². The van der Waals surface area contributed by atoms with Crippen LogP contribution in [-0.4, -0.2) is 37.0 Å². The number of amides is 1. The fraction of sp³-hybridized carbons (Fsp3) is 0.286. The summed E-state index contributed by atoms with van der Waals surface area (Å²) in [5.74, 6) is -1.30. The third-order valence-corrected chi connectivity index (χ3v) is 3.86. The molecular formula is C14H14FNO3S. The van der Waals surface area contributed by atoms with Crippen LogP contribution in [0.3, 0.4) is 0 Å². The van der Waals surface area contributed by atoms with E-state index in [0.717, 1.165) is 11.3 Å². The third-order valence-electron chi connectivity index (χ3n) is 2.78. The Morgan fingerprint density at radius 3 is 2.65 bits per heavy atom. The van der Waals surface area contributed by atoms with Crippen LogP contribution in [0.1, 0.15) is 16.6 Å². The smallest absolute Gasteiger partial charge is 0.349 e. The van der Waals surface area contributed by atoms with Gasteiger partial charge >= 0.3 is 5.97 Å². The molecule has 4 nitrogen and oxygen atoms in total. The monoisotopic (exact) mass is 295 g/mol. The fourth-order valence-corrected chi connectivity index (χ4v) is 2.72. The van der Waals surface area contributed by atoms with Crippen LogP contribution in [0.5, 0.6) is 0 Å². The Hall–Kier alpha value is -1.95. The van der Waals surface area contributed by atoms with Crippen molar-refractivity contribution in [3.05, 3.63) is 35.0 Å². The first-order chi connectivity index (χ1) is 9.40. The molecule has 0 spiro atoms. The predicted molar refractivity (Wildman–Crippen MR) is 75.4 cm³/mol. The molecule has 1 heterocycles. The molecule has 0 fully saturated rings. The Morgan fingerprint density at radius 2 is 2.05 bits per heavy atom. The molecular weight excluding hydrogens is 281 g/mol. The largest absolute Gasteiger partial charge is 0.448 e. The van der Waals surface area contributed by atoms with Crippen molar-refractivity contribution in [1.82, 2.24) is 4.90 Å². The number of halogens is 1. The van der Waals surface area contributed by atoms with Crippen LogP contribution in [0.15, 0.2) is 24.3 Å². The van der Waals surface area contributed by atoms with Crippen molar-refractivity contribution in [2.45, 2.75) is 13.0 Å². The summed E-state index contributed by atoms with van der Waals surface area (Å²) >= 11 is 1.14. The zero-order valence-electron chi connectivity index (χ0n) is 11.3. The first-order valence-electron chi connectivity index (χ1n) is 6.00. The van der Waals surface area contributed by atoms with Gasteiger partial charge in [-0.15, -0.1) is 11.3 Å². The highest BCUT2D eigenvalue weighted by Crippen LogP contribution is 2.28. The maximum atomic E-state index is 13.6. The quantitative estimate of drug-likeness (QED) is 0.818. The zero-order chi connectivity index (χ0) is 14.9. The number of nitrogens with zero attached hydrogens (tertiary/aromatic N) is 1. The van der Waals surface area contributed by atoms with Gasteiger partial charge in [-0.3, -0.25) is 4.79 Å². The van der Waals surface area contributed by atoms with E-state index in [4.69, 9.17) is 4.74 Å². The summed E-state index contributed by atoms with van der Waals surface area (Å²) in [5, 5.41) is 0.385. The Labute approximate surface area is 119 Å². The van der Waals surface area contributed by atoms with E-state index < -0.39 is 12.1 Å². The first-order valence-corrected chi connectivity index (χ1v) is 6.82. The molecule has 20 heavy (non-hydrogen) atoms. The number of fused-ring (bicyclic) bond motifs is 1. The number of ether oxygens (including phenoxy) is 1. The number of carbonyl (C=O) groups is 2. The second-order valence-electron chi connectivity index (χ2n) is 4.54. The van der Waals surface area contributed by atoms with Gasteiger partial charge in [0.15, 0.2) is 6.10 Å². The fourth-order valence-electron chi connectivity index (χ4n) is 1.76. The lowest BCUT2D eigenvalue weighted by atomic mass is 10.2. The Bertz CT molecular complexity index is 665. The highest BCUT2D eigenvalue weighted by Gasteiger charge is 2.21. The van der Waals surface area contributed by atoms with Gasteiger partial charge in [-0.1, -0.05) is 6.07 Å². The Balaban J connectivity index is 2.20. The summed E-state index contributed by atoms with van der Waals surface area (Å²) < 4.78 is 19.3. The minimum absolute atomic E-state index is 0.281. The maximum Gasteiger partial charge on any atom is 0.349 e. The first kappa shape index (κ1) is 14.5. The van der Waals surface area contributed by atoms with Gasteiger partial charge in [-0.25, -0.2) is 9.18 Å². The number of hydrogen-bond donors (Lipinski definition) is 0. The maximum absolute atomic E-state index is 13.6. The lowest BCUT2D eigenvalue weighted by Gasteiger charge is -2.16. The standard InChI is InChI=1S/C14H14FNO3S/c1-8(13(17)16(2)3)19-14(18)12-7-9-10(15)5-4-6-11(9)20-12/h4-8H,1-3H3/t8-/m1/s1. The van der Waals surface area contributed by atoms with Crippen molar-refractivity contribution < 1.29 is 18.7 Å². The topological polar surface area (TPSA) is 46.6 Å². The zero-order valence-corrected chi connectivity index (χ0v) is 12.2. The summed E-state index contributed by atoms with van der Waals surface area (Å²) in [7, 11) is 3.17. The summed E-state index contributed by atoms with van der Waals surface area (Å²) in [5.41, 5.74) is 0. The number of likely N-dealkylation sites (N-methyl/N-ethyl adjacent to an activating group) is 1. The van der Waals surface area contributed by atoms with E-state index in [1.807, 2.05) is 0 Å². The summed E-state index contributed by atoms with van der Waals surface area (Å²) in [4.78, 5) is 25.2. The molecule has 6 heteroatoms. The van der Waals surface area contributed by atoms with Gasteiger partial charge in [0.25, 0.3) is 5.91 Å². The van der Waals surface area contributed by atoms with Gasteiger partial charge in [0.1, 0.15) is 10.7 Å². The van der Waals surface area contributed by atoms with Gasteiger partial charge in [0.05, 0.1) is 0 Å². The second-order valence-corrected chi connectivity index (χ2v) is 5.63. The minimum Gasteiger partial charge on any atom is -0.448 e. The molecule has 106 valence electrons. The van der Waals surface area contributed by atoms with Crippen molar-refractivity contribution in [1.29, 1.82) is 0 Å². The third kappa shape index (κ3) is 2.80. The molecule has 0 radical (unpaired) electrons. The van der Waals surface area contributed by atoms with Crippen molar-refractivity contribution >= 4 is 33.3 Å². The Morgan fingerprint density at radius 1 is 1.35 bits per heavy atom. The number of rotatable bonds is 3. The number of esters is 1. The average Bonchev–Trinajstić information content (AvgIpc) is 2.83. The highest BCUT2D eigenvalue weighted by atomic mass is 32.1. The Kier molecular flexibility index (Phi) is 4.04.